The van der Waals surface area contributed by atoms with E-state index in [0.29, 0.717) is 24.6 Å². The van der Waals surface area contributed by atoms with Gasteiger partial charge in [-0.3, -0.25) is 4.79 Å². The Bertz CT molecular complexity index is 363. The Morgan fingerprint density at radius 1 is 1.19 bits per heavy atom. The molecule has 0 aliphatic carbocycles. The summed E-state index contributed by atoms with van der Waals surface area (Å²) in [5.41, 5.74) is 0. The third-order valence-corrected chi connectivity index (χ3v) is 2.59. The first-order chi connectivity index (χ1) is 7.76. The van der Waals surface area contributed by atoms with Crippen molar-refractivity contribution in [3.63, 3.8) is 0 Å². The fraction of sp³-hybridized carbons (Fsp3) is 0.417. The summed E-state index contributed by atoms with van der Waals surface area (Å²) in [6.07, 6.45) is -0.822. The Morgan fingerprint density at radius 3 is 2.12 bits per heavy atom. The maximum Gasteiger partial charge on any atom is 0.321 e. The molecule has 0 unspecified atom stereocenters. The Kier molecular flexibility index (Phi) is 2.99. The van der Waals surface area contributed by atoms with Gasteiger partial charge in [-0.05, 0) is 26.0 Å². The molecule has 0 atom stereocenters. The molecule has 0 N–H and O–H groups in total. The molecule has 0 fully saturated rings. The van der Waals surface area contributed by atoms with Crippen molar-refractivity contribution in [3.05, 3.63) is 24.3 Å². The second-order valence-corrected chi connectivity index (χ2v) is 3.52. The fourth-order valence-corrected chi connectivity index (χ4v) is 1.68. The van der Waals surface area contributed by atoms with E-state index in [4.69, 9.17) is 9.47 Å². The van der Waals surface area contributed by atoms with Crippen LogP contribution in [0.2, 0.25) is 0 Å². The first kappa shape index (κ1) is 10.8. The smallest absolute Gasteiger partial charge is 0.321 e. The molecule has 86 valence electrons. The highest BCUT2D eigenvalue weighted by Crippen LogP contribution is 2.34. The maximum atomic E-state index is 12.0. The minimum atomic E-state index is -0.822. The van der Waals surface area contributed by atoms with Crippen LogP contribution in [0, 0.1) is 0 Å². The fourth-order valence-electron chi connectivity index (χ4n) is 1.68. The molecule has 1 aliphatic rings. The second kappa shape index (κ2) is 4.43. The van der Waals surface area contributed by atoms with Crippen LogP contribution in [0.4, 0.5) is 0 Å². The Balaban J connectivity index is 2.08. The first-order valence-corrected chi connectivity index (χ1v) is 5.47. The summed E-state index contributed by atoms with van der Waals surface area (Å²) in [6, 6.07) is 7.30. The van der Waals surface area contributed by atoms with Crippen LogP contribution in [0.15, 0.2) is 24.3 Å². The van der Waals surface area contributed by atoms with Crippen LogP contribution in [0.25, 0.3) is 0 Å². The van der Waals surface area contributed by atoms with Gasteiger partial charge in [0.1, 0.15) is 0 Å². The molecule has 4 nitrogen and oxygen atoms in total. The maximum absolute atomic E-state index is 12.0. The molecule has 0 radical (unpaired) electrons. The van der Waals surface area contributed by atoms with Crippen molar-refractivity contribution in [2.24, 2.45) is 0 Å². The number of likely N-dealkylation sites (N-methyl/N-ethyl adjacent to an activating group) is 1. The van der Waals surface area contributed by atoms with Crippen LogP contribution in [-0.2, 0) is 4.79 Å². The van der Waals surface area contributed by atoms with E-state index in [2.05, 4.69) is 0 Å². The highest BCUT2D eigenvalue weighted by Gasteiger charge is 2.32. The summed E-state index contributed by atoms with van der Waals surface area (Å²) < 4.78 is 10.9. The van der Waals surface area contributed by atoms with Crippen molar-refractivity contribution in [3.8, 4) is 11.5 Å². The van der Waals surface area contributed by atoms with E-state index >= 15 is 0 Å². The third kappa shape index (κ3) is 1.83. The summed E-state index contributed by atoms with van der Waals surface area (Å²) in [6.45, 7) is 5.19. The van der Waals surface area contributed by atoms with E-state index in [1.807, 2.05) is 26.0 Å². The van der Waals surface area contributed by atoms with Gasteiger partial charge in [0.25, 0.3) is 0 Å². The van der Waals surface area contributed by atoms with Crippen LogP contribution in [0.5, 0.6) is 11.5 Å². The largest absolute Gasteiger partial charge is 0.442 e. The van der Waals surface area contributed by atoms with Crippen molar-refractivity contribution in [2.75, 3.05) is 13.1 Å². The van der Waals surface area contributed by atoms with Gasteiger partial charge in [0, 0.05) is 13.1 Å². The molecule has 1 aromatic rings. The van der Waals surface area contributed by atoms with Gasteiger partial charge in [-0.1, -0.05) is 12.1 Å². The highest BCUT2D eigenvalue weighted by molar-refractivity contribution is 5.81. The lowest BCUT2D eigenvalue weighted by Crippen LogP contribution is -2.42. The van der Waals surface area contributed by atoms with Crippen molar-refractivity contribution >= 4 is 5.91 Å². The van der Waals surface area contributed by atoms with E-state index in [1.165, 1.54) is 0 Å². The molecule has 0 bridgehead atoms. The SMILES string of the molecule is CCN(CC)C(=O)C1Oc2ccccc2O1. The average molecular weight is 221 g/mol. The summed E-state index contributed by atoms with van der Waals surface area (Å²) in [7, 11) is 0. The number of hydrogen-bond acceptors (Lipinski definition) is 3. The predicted octanol–water partition coefficient (Wildman–Crippen LogP) is 1.65. The van der Waals surface area contributed by atoms with Gasteiger partial charge in [0.05, 0.1) is 0 Å². The Morgan fingerprint density at radius 2 is 1.69 bits per heavy atom. The van der Waals surface area contributed by atoms with Gasteiger partial charge >= 0.3 is 12.2 Å². The number of amides is 1. The number of nitrogens with zero attached hydrogens (tertiary/aromatic N) is 1. The summed E-state index contributed by atoms with van der Waals surface area (Å²) in [5, 5.41) is 0. The second-order valence-electron chi connectivity index (χ2n) is 3.52. The zero-order valence-electron chi connectivity index (χ0n) is 9.47. The topological polar surface area (TPSA) is 38.8 Å². The van der Waals surface area contributed by atoms with Gasteiger partial charge < -0.3 is 14.4 Å². The van der Waals surface area contributed by atoms with Gasteiger partial charge in [-0.2, -0.15) is 0 Å². The lowest BCUT2D eigenvalue weighted by atomic mass is 10.3. The van der Waals surface area contributed by atoms with E-state index in [0.717, 1.165) is 0 Å². The van der Waals surface area contributed by atoms with E-state index in [-0.39, 0.29) is 5.91 Å². The number of hydrogen-bond donors (Lipinski definition) is 0. The van der Waals surface area contributed by atoms with Crippen molar-refractivity contribution in [1.29, 1.82) is 0 Å². The summed E-state index contributed by atoms with van der Waals surface area (Å²) in [4.78, 5) is 13.6. The number of ether oxygens (including phenoxy) is 2. The van der Waals surface area contributed by atoms with Gasteiger partial charge in [0.2, 0.25) is 0 Å². The number of para-hydroxylation sites is 2. The molecule has 0 aromatic heterocycles. The molecular weight excluding hydrogens is 206 g/mol. The molecule has 0 saturated heterocycles. The lowest BCUT2D eigenvalue weighted by molar-refractivity contribution is -0.147. The zero-order chi connectivity index (χ0) is 11.5. The molecule has 16 heavy (non-hydrogen) atoms. The number of fused-ring (bicyclic) bond motifs is 1. The molecule has 2 rings (SSSR count). The normalized spacial score (nSPS) is 13.9. The van der Waals surface area contributed by atoms with Crippen LogP contribution in [0.1, 0.15) is 13.8 Å². The molecule has 0 spiro atoms. The molecule has 0 saturated carbocycles. The molecule has 1 aliphatic heterocycles. The van der Waals surface area contributed by atoms with E-state index in [9.17, 15) is 4.79 Å². The summed E-state index contributed by atoms with van der Waals surface area (Å²) >= 11 is 0. The zero-order valence-corrected chi connectivity index (χ0v) is 9.47. The standard InChI is InChI=1S/C12H15NO3/c1-3-13(4-2)11(14)12-15-9-7-5-6-8-10(9)16-12/h5-8,12H,3-4H2,1-2H3. The molecule has 1 aromatic carbocycles. The molecule has 4 heteroatoms. The van der Waals surface area contributed by atoms with Crippen LogP contribution in [-0.4, -0.2) is 30.2 Å². The number of rotatable bonds is 3. The third-order valence-electron chi connectivity index (χ3n) is 2.59. The van der Waals surface area contributed by atoms with Crippen LogP contribution in [0.3, 0.4) is 0 Å². The minimum absolute atomic E-state index is 0.124. The van der Waals surface area contributed by atoms with E-state index in [1.54, 1.807) is 17.0 Å². The molecule has 1 heterocycles. The first-order valence-electron chi connectivity index (χ1n) is 5.47. The van der Waals surface area contributed by atoms with Gasteiger partial charge in [0.15, 0.2) is 11.5 Å². The average Bonchev–Trinajstić information content (AvgIpc) is 2.74. The van der Waals surface area contributed by atoms with Crippen LogP contribution >= 0.6 is 0 Å². The number of carbonyl (C=O) groups is 1. The summed E-state index contributed by atoms with van der Waals surface area (Å²) in [5.74, 6) is 1.14. The monoisotopic (exact) mass is 221 g/mol. The van der Waals surface area contributed by atoms with E-state index < -0.39 is 6.29 Å². The van der Waals surface area contributed by atoms with Crippen molar-refractivity contribution < 1.29 is 14.3 Å². The van der Waals surface area contributed by atoms with Crippen molar-refractivity contribution in [1.82, 2.24) is 4.90 Å². The Labute approximate surface area is 94.8 Å². The van der Waals surface area contributed by atoms with Crippen molar-refractivity contribution in [2.45, 2.75) is 20.1 Å². The lowest BCUT2D eigenvalue weighted by Gasteiger charge is -2.21. The van der Waals surface area contributed by atoms with Gasteiger partial charge in [-0.15, -0.1) is 0 Å². The van der Waals surface area contributed by atoms with Crippen LogP contribution < -0.4 is 9.47 Å². The molecular formula is C12H15NO3. The molecule has 1 amide bonds. The van der Waals surface area contributed by atoms with Gasteiger partial charge in [-0.25, -0.2) is 0 Å². The number of benzene rings is 1. The minimum Gasteiger partial charge on any atom is -0.442 e. The highest BCUT2D eigenvalue weighted by atomic mass is 16.7. The quantitative estimate of drug-likeness (QED) is 0.779. The predicted molar refractivity (Wildman–Crippen MR) is 59.4 cm³/mol. The Hall–Kier alpha value is -1.71. The number of carbonyl (C=O) groups excluding carboxylic acids is 1.